The number of ether oxygens (including phenoxy) is 1. The molecule has 34 heavy (non-hydrogen) atoms. The number of aliphatic hydroxyl groups is 1. The predicted molar refractivity (Wildman–Crippen MR) is 126 cm³/mol. The Kier molecular flexibility index (Phi) is 5.90. The fraction of sp³-hybridized carbons (Fsp3) is 0.269. The number of carbonyl (C=O) groups is 2. The standard InChI is InChI=1S/C26H25N3O5/c1-33-20-11-7-18(8-12-20)23(30)22-24(31)26(32)29(25(22)28-14-3-2-4-15-28)19-9-5-17(6-10-19)21-13-16-34-27-21/h5-13,16,25,30H,2-4,14-15H2,1H3. The van der Waals surface area contributed by atoms with Crippen LogP contribution in [0.5, 0.6) is 5.75 Å². The summed E-state index contributed by atoms with van der Waals surface area (Å²) in [6, 6.07) is 15.8. The summed E-state index contributed by atoms with van der Waals surface area (Å²) >= 11 is 0. The zero-order chi connectivity index (χ0) is 23.7. The van der Waals surface area contributed by atoms with Crippen molar-refractivity contribution in [3.63, 3.8) is 0 Å². The molecule has 174 valence electrons. The summed E-state index contributed by atoms with van der Waals surface area (Å²) in [6.45, 7) is 1.47. The second kappa shape index (κ2) is 9.15. The van der Waals surface area contributed by atoms with Gasteiger partial charge in [0.05, 0.1) is 12.7 Å². The third-order valence-corrected chi connectivity index (χ3v) is 6.39. The molecule has 3 heterocycles. The Morgan fingerprint density at radius 2 is 1.71 bits per heavy atom. The minimum atomic E-state index is -0.690. The number of likely N-dealkylation sites (tertiary alicyclic amines) is 1. The Hall–Kier alpha value is -3.91. The molecule has 5 rings (SSSR count). The van der Waals surface area contributed by atoms with Gasteiger partial charge in [0.1, 0.15) is 29.6 Å². The number of carbonyl (C=O) groups excluding carboxylic acids is 2. The fourth-order valence-corrected chi connectivity index (χ4v) is 4.64. The van der Waals surface area contributed by atoms with Crippen LogP contribution in [-0.2, 0) is 9.59 Å². The molecule has 2 fully saturated rings. The molecule has 3 aromatic rings. The van der Waals surface area contributed by atoms with Gasteiger partial charge in [0.2, 0.25) is 0 Å². The number of hydrogen-bond acceptors (Lipinski definition) is 7. The van der Waals surface area contributed by atoms with E-state index in [0.717, 1.165) is 37.9 Å². The van der Waals surface area contributed by atoms with Crippen LogP contribution in [0.25, 0.3) is 17.0 Å². The Bertz CT molecular complexity index is 1210. The summed E-state index contributed by atoms with van der Waals surface area (Å²) in [5.41, 5.74) is 2.67. The molecule has 0 spiro atoms. The van der Waals surface area contributed by atoms with E-state index in [9.17, 15) is 14.7 Å². The van der Waals surface area contributed by atoms with E-state index in [2.05, 4.69) is 10.1 Å². The van der Waals surface area contributed by atoms with Crippen LogP contribution in [-0.4, -0.2) is 53.2 Å². The second-order valence-electron chi connectivity index (χ2n) is 8.40. The summed E-state index contributed by atoms with van der Waals surface area (Å²) in [7, 11) is 1.56. The van der Waals surface area contributed by atoms with Gasteiger partial charge in [-0.1, -0.05) is 23.7 Å². The molecular formula is C26H25N3O5. The lowest BCUT2D eigenvalue weighted by Crippen LogP contribution is -2.49. The molecule has 0 bridgehead atoms. The van der Waals surface area contributed by atoms with Crippen LogP contribution in [0.4, 0.5) is 5.69 Å². The van der Waals surface area contributed by atoms with Crippen LogP contribution < -0.4 is 9.64 Å². The summed E-state index contributed by atoms with van der Waals surface area (Å²) in [5, 5.41) is 15.1. The lowest BCUT2D eigenvalue weighted by molar-refractivity contribution is -0.132. The van der Waals surface area contributed by atoms with Crippen molar-refractivity contribution in [1.82, 2.24) is 10.1 Å². The second-order valence-corrected chi connectivity index (χ2v) is 8.40. The van der Waals surface area contributed by atoms with Gasteiger partial charge in [0.15, 0.2) is 0 Å². The highest BCUT2D eigenvalue weighted by Gasteiger charge is 2.49. The van der Waals surface area contributed by atoms with Crippen LogP contribution in [0.15, 0.2) is 71.0 Å². The summed E-state index contributed by atoms with van der Waals surface area (Å²) in [5.74, 6) is -0.889. The largest absolute Gasteiger partial charge is 0.507 e. The predicted octanol–water partition coefficient (Wildman–Crippen LogP) is 4.05. The van der Waals surface area contributed by atoms with Crippen LogP contribution in [0.2, 0.25) is 0 Å². The third-order valence-electron chi connectivity index (χ3n) is 6.39. The molecule has 2 aliphatic rings. The van der Waals surface area contributed by atoms with Crippen LogP contribution in [0.3, 0.4) is 0 Å². The zero-order valence-corrected chi connectivity index (χ0v) is 18.8. The number of benzene rings is 2. The van der Waals surface area contributed by atoms with E-state index >= 15 is 0 Å². The third kappa shape index (κ3) is 3.86. The molecule has 0 saturated carbocycles. The van der Waals surface area contributed by atoms with Crippen molar-refractivity contribution in [2.45, 2.75) is 25.4 Å². The smallest absolute Gasteiger partial charge is 0.300 e. The van der Waals surface area contributed by atoms with Gasteiger partial charge in [-0.15, -0.1) is 0 Å². The first-order valence-electron chi connectivity index (χ1n) is 11.3. The lowest BCUT2D eigenvalue weighted by atomic mass is 10.0. The van der Waals surface area contributed by atoms with Crippen molar-refractivity contribution in [2.75, 3.05) is 25.1 Å². The maximum atomic E-state index is 13.3. The molecule has 2 aliphatic heterocycles. The van der Waals surface area contributed by atoms with Gasteiger partial charge in [-0.05, 0) is 49.2 Å². The summed E-state index contributed by atoms with van der Waals surface area (Å²) in [6.07, 6.45) is 3.85. The SMILES string of the molecule is COc1ccc(C(O)=C2C(=O)C(=O)N(c3ccc(-c4ccon4)cc3)C2N2CCCCC2)cc1. The van der Waals surface area contributed by atoms with Crippen LogP contribution >= 0.6 is 0 Å². The maximum absolute atomic E-state index is 13.3. The van der Waals surface area contributed by atoms with Crippen molar-refractivity contribution in [1.29, 1.82) is 0 Å². The molecule has 0 radical (unpaired) electrons. The molecule has 1 unspecified atom stereocenters. The van der Waals surface area contributed by atoms with E-state index in [0.29, 0.717) is 22.7 Å². The van der Waals surface area contributed by atoms with Crippen molar-refractivity contribution in [3.05, 3.63) is 72.0 Å². The van der Waals surface area contributed by atoms with Gasteiger partial charge in [-0.25, -0.2) is 0 Å². The Labute approximate surface area is 197 Å². The first-order chi connectivity index (χ1) is 16.6. The average molecular weight is 460 g/mol. The quantitative estimate of drug-likeness (QED) is 0.349. The van der Waals surface area contributed by atoms with Crippen molar-refractivity contribution in [2.24, 2.45) is 0 Å². The normalized spacial score (nSPS) is 20.6. The average Bonchev–Trinajstić information content (AvgIpc) is 3.52. The number of hydrogen-bond donors (Lipinski definition) is 1. The molecule has 2 aromatic carbocycles. The number of ketones is 1. The van der Waals surface area contributed by atoms with Crippen LogP contribution in [0, 0.1) is 0 Å². The number of methoxy groups -OCH3 is 1. The minimum absolute atomic E-state index is 0.109. The first-order valence-corrected chi connectivity index (χ1v) is 11.3. The topological polar surface area (TPSA) is 96.1 Å². The van der Waals surface area contributed by atoms with Gasteiger partial charge in [0.25, 0.3) is 5.78 Å². The van der Waals surface area contributed by atoms with E-state index in [1.165, 1.54) is 11.2 Å². The molecule has 8 heteroatoms. The number of rotatable bonds is 5. The number of amides is 1. The summed E-state index contributed by atoms with van der Waals surface area (Å²) < 4.78 is 10.1. The lowest BCUT2D eigenvalue weighted by Gasteiger charge is -2.37. The molecule has 1 aromatic heterocycles. The molecule has 0 aliphatic carbocycles. The van der Waals surface area contributed by atoms with Gasteiger partial charge in [-0.2, -0.15) is 0 Å². The Morgan fingerprint density at radius 1 is 1.00 bits per heavy atom. The van der Waals surface area contributed by atoms with Gasteiger partial charge >= 0.3 is 5.91 Å². The summed E-state index contributed by atoms with van der Waals surface area (Å²) in [4.78, 5) is 30.1. The number of Topliss-reactive ketones (excluding diaryl/α,β-unsaturated/α-hetero) is 1. The highest BCUT2D eigenvalue weighted by atomic mass is 16.5. The molecule has 2 saturated heterocycles. The van der Waals surface area contributed by atoms with Gasteiger partial charge < -0.3 is 14.4 Å². The van der Waals surface area contributed by atoms with Crippen LogP contribution in [0.1, 0.15) is 24.8 Å². The zero-order valence-electron chi connectivity index (χ0n) is 18.8. The fourth-order valence-electron chi connectivity index (χ4n) is 4.64. The van der Waals surface area contributed by atoms with Gasteiger partial charge in [-0.3, -0.25) is 19.4 Å². The van der Waals surface area contributed by atoms with Crippen molar-refractivity contribution >= 4 is 23.1 Å². The van der Waals surface area contributed by atoms with E-state index < -0.39 is 17.9 Å². The maximum Gasteiger partial charge on any atom is 0.300 e. The van der Waals surface area contributed by atoms with E-state index in [1.54, 1.807) is 49.6 Å². The molecule has 1 atom stereocenters. The molecule has 1 amide bonds. The minimum Gasteiger partial charge on any atom is -0.507 e. The van der Waals surface area contributed by atoms with E-state index in [-0.39, 0.29) is 11.3 Å². The number of aromatic nitrogens is 1. The Balaban J connectivity index is 1.58. The molecule has 8 nitrogen and oxygen atoms in total. The van der Waals surface area contributed by atoms with Gasteiger partial charge in [0, 0.05) is 36.0 Å². The Morgan fingerprint density at radius 3 is 2.32 bits per heavy atom. The number of anilines is 1. The number of aliphatic hydroxyl groups excluding tert-OH is 1. The molecule has 1 N–H and O–H groups in total. The van der Waals surface area contributed by atoms with Crippen molar-refractivity contribution in [3.8, 4) is 17.0 Å². The van der Waals surface area contributed by atoms with E-state index in [4.69, 9.17) is 9.26 Å². The van der Waals surface area contributed by atoms with Crippen molar-refractivity contribution < 1.29 is 24.0 Å². The van der Waals surface area contributed by atoms with E-state index in [1.807, 2.05) is 12.1 Å². The molecular weight excluding hydrogens is 434 g/mol. The monoisotopic (exact) mass is 459 g/mol. The first kappa shape index (κ1) is 21.9. The number of nitrogens with zero attached hydrogens (tertiary/aromatic N) is 3. The highest BCUT2D eigenvalue weighted by molar-refractivity contribution is 6.51. The number of piperidine rings is 1. The highest BCUT2D eigenvalue weighted by Crippen LogP contribution is 2.36.